The van der Waals surface area contributed by atoms with Crippen molar-refractivity contribution in [3.63, 3.8) is 0 Å². The molecule has 0 unspecified atom stereocenters. The lowest BCUT2D eigenvalue weighted by molar-refractivity contribution is -0.115. The maximum atomic E-state index is 12.0. The van der Waals surface area contributed by atoms with Gasteiger partial charge in [0, 0.05) is 23.7 Å². The van der Waals surface area contributed by atoms with Crippen molar-refractivity contribution in [3.8, 4) is 5.75 Å². The van der Waals surface area contributed by atoms with Crippen LogP contribution < -0.4 is 10.6 Å². The number of anilines is 2. The summed E-state index contributed by atoms with van der Waals surface area (Å²) in [6.45, 7) is 1.74. The third-order valence-electron chi connectivity index (χ3n) is 2.89. The van der Waals surface area contributed by atoms with E-state index in [0.29, 0.717) is 23.4 Å². The lowest BCUT2D eigenvalue weighted by Crippen LogP contribution is -2.12. The van der Waals surface area contributed by atoms with Crippen LogP contribution in [-0.4, -0.2) is 16.9 Å². The molecule has 0 heterocycles. The summed E-state index contributed by atoms with van der Waals surface area (Å²) in [6.07, 6.45) is 0.354. The predicted molar refractivity (Wildman–Crippen MR) is 81.4 cm³/mol. The normalized spacial score (nSPS) is 9.95. The first-order valence-corrected chi connectivity index (χ1v) is 6.59. The number of nitrogens with one attached hydrogen (secondary N) is 2. The van der Waals surface area contributed by atoms with Crippen molar-refractivity contribution >= 4 is 23.2 Å². The molecule has 0 bridgehead atoms. The highest BCUT2D eigenvalue weighted by Crippen LogP contribution is 2.27. The first kappa shape index (κ1) is 14.6. The van der Waals surface area contributed by atoms with Gasteiger partial charge in [0.15, 0.2) is 0 Å². The maximum absolute atomic E-state index is 12.0. The molecule has 2 amide bonds. The number of rotatable bonds is 4. The lowest BCUT2D eigenvalue weighted by atomic mass is 10.2. The fourth-order valence-electron chi connectivity index (χ4n) is 1.75. The second-order valence-corrected chi connectivity index (χ2v) is 4.45. The third kappa shape index (κ3) is 3.82. The van der Waals surface area contributed by atoms with Crippen LogP contribution in [0.2, 0.25) is 0 Å². The third-order valence-corrected chi connectivity index (χ3v) is 2.89. The Morgan fingerprint density at radius 2 is 1.76 bits per heavy atom. The summed E-state index contributed by atoms with van der Waals surface area (Å²) in [4.78, 5) is 23.3. The Morgan fingerprint density at radius 1 is 1.05 bits per heavy atom. The highest BCUT2D eigenvalue weighted by molar-refractivity contribution is 6.05. The Hall–Kier alpha value is -2.82. The summed E-state index contributed by atoms with van der Waals surface area (Å²) in [5, 5.41) is 15.2. The molecule has 0 saturated carbocycles. The first-order valence-electron chi connectivity index (χ1n) is 6.59. The van der Waals surface area contributed by atoms with Crippen LogP contribution in [0.25, 0.3) is 0 Å². The first-order chi connectivity index (χ1) is 10.1. The van der Waals surface area contributed by atoms with Gasteiger partial charge in [-0.15, -0.1) is 0 Å². The van der Waals surface area contributed by atoms with Crippen molar-refractivity contribution < 1.29 is 14.7 Å². The number of carbonyl (C=O) groups excluding carboxylic acids is 2. The Morgan fingerprint density at radius 3 is 2.38 bits per heavy atom. The minimum Gasteiger partial charge on any atom is -0.506 e. The van der Waals surface area contributed by atoms with Gasteiger partial charge in [0.05, 0.1) is 5.69 Å². The number of benzene rings is 2. The fourth-order valence-corrected chi connectivity index (χ4v) is 1.75. The Kier molecular flexibility index (Phi) is 4.56. The molecular weight excluding hydrogens is 268 g/mol. The molecule has 0 atom stereocenters. The minimum absolute atomic E-state index is 0.104. The Balaban J connectivity index is 2.11. The van der Waals surface area contributed by atoms with Crippen LogP contribution in [0.5, 0.6) is 5.75 Å². The molecule has 0 radical (unpaired) electrons. The van der Waals surface area contributed by atoms with Crippen LogP contribution in [0, 0.1) is 0 Å². The highest BCUT2D eigenvalue weighted by Gasteiger charge is 2.09. The van der Waals surface area contributed by atoms with E-state index >= 15 is 0 Å². The zero-order valence-corrected chi connectivity index (χ0v) is 11.6. The SMILES string of the molecule is CCC(=O)Nc1ccc(NC(=O)c2ccccc2)c(O)c1. The van der Waals surface area contributed by atoms with Crippen LogP contribution in [0.4, 0.5) is 11.4 Å². The van der Waals surface area contributed by atoms with Crippen LogP contribution in [-0.2, 0) is 4.79 Å². The van der Waals surface area contributed by atoms with E-state index in [2.05, 4.69) is 10.6 Å². The van der Waals surface area contributed by atoms with Gasteiger partial charge in [0.25, 0.3) is 5.91 Å². The molecule has 5 nitrogen and oxygen atoms in total. The molecule has 0 fully saturated rings. The fraction of sp³-hybridized carbons (Fsp3) is 0.125. The molecule has 2 rings (SSSR count). The van der Waals surface area contributed by atoms with E-state index in [-0.39, 0.29) is 17.6 Å². The number of hydrogen-bond donors (Lipinski definition) is 3. The number of phenolic OH excluding ortho intramolecular Hbond substituents is 1. The molecule has 2 aromatic carbocycles. The molecule has 0 aliphatic rings. The van der Waals surface area contributed by atoms with Gasteiger partial charge in [-0.1, -0.05) is 25.1 Å². The van der Waals surface area contributed by atoms with Crippen molar-refractivity contribution in [2.45, 2.75) is 13.3 Å². The van der Waals surface area contributed by atoms with Crippen LogP contribution in [0.15, 0.2) is 48.5 Å². The molecular formula is C16H16N2O3. The van der Waals surface area contributed by atoms with Crippen LogP contribution >= 0.6 is 0 Å². The Bertz CT molecular complexity index is 654. The molecule has 3 N–H and O–H groups in total. The van der Waals surface area contributed by atoms with Gasteiger partial charge in [0.1, 0.15) is 5.75 Å². The van der Waals surface area contributed by atoms with E-state index in [9.17, 15) is 14.7 Å². The highest BCUT2D eigenvalue weighted by atomic mass is 16.3. The summed E-state index contributed by atoms with van der Waals surface area (Å²) in [7, 11) is 0. The second kappa shape index (κ2) is 6.56. The largest absolute Gasteiger partial charge is 0.506 e. The topological polar surface area (TPSA) is 78.4 Å². The van der Waals surface area contributed by atoms with Gasteiger partial charge in [0.2, 0.25) is 5.91 Å². The smallest absolute Gasteiger partial charge is 0.255 e. The lowest BCUT2D eigenvalue weighted by Gasteiger charge is -2.10. The van der Waals surface area contributed by atoms with E-state index in [1.165, 1.54) is 6.07 Å². The number of phenols is 1. The average molecular weight is 284 g/mol. The van der Waals surface area contributed by atoms with Crippen LogP contribution in [0.1, 0.15) is 23.7 Å². The standard InChI is InChI=1S/C16H16N2O3/c1-2-15(20)17-12-8-9-13(14(19)10-12)18-16(21)11-6-4-3-5-7-11/h3-10,19H,2H2,1H3,(H,17,20)(H,18,21). The van der Waals surface area contributed by atoms with Gasteiger partial charge in [-0.2, -0.15) is 0 Å². The zero-order chi connectivity index (χ0) is 15.2. The predicted octanol–water partition coefficient (Wildman–Crippen LogP) is 2.99. The van der Waals surface area contributed by atoms with Gasteiger partial charge in [-0.05, 0) is 24.3 Å². The van der Waals surface area contributed by atoms with Crippen molar-refractivity contribution in [1.29, 1.82) is 0 Å². The quantitative estimate of drug-likeness (QED) is 0.755. The average Bonchev–Trinajstić information content (AvgIpc) is 2.50. The molecule has 2 aromatic rings. The number of carbonyl (C=O) groups is 2. The molecule has 21 heavy (non-hydrogen) atoms. The number of hydrogen-bond acceptors (Lipinski definition) is 3. The van der Waals surface area contributed by atoms with Crippen molar-refractivity contribution in [2.75, 3.05) is 10.6 Å². The van der Waals surface area contributed by atoms with Gasteiger partial charge < -0.3 is 15.7 Å². The molecule has 0 aliphatic heterocycles. The van der Waals surface area contributed by atoms with Crippen molar-refractivity contribution in [3.05, 3.63) is 54.1 Å². The van der Waals surface area contributed by atoms with E-state index in [0.717, 1.165) is 0 Å². The minimum atomic E-state index is -0.309. The summed E-state index contributed by atoms with van der Waals surface area (Å²) >= 11 is 0. The molecule has 0 aromatic heterocycles. The van der Waals surface area contributed by atoms with Crippen molar-refractivity contribution in [2.24, 2.45) is 0 Å². The molecule has 0 saturated heterocycles. The van der Waals surface area contributed by atoms with Gasteiger partial charge in [-0.25, -0.2) is 0 Å². The Labute approximate surface area is 122 Å². The maximum Gasteiger partial charge on any atom is 0.255 e. The zero-order valence-electron chi connectivity index (χ0n) is 11.6. The molecule has 108 valence electrons. The van der Waals surface area contributed by atoms with Crippen molar-refractivity contribution in [1.82, 2.24) is 0 Å². The van der Waals surface area contributed by atoms with Gasteiger partial charge in [-0.3, -0.25) is 9.59 Å². The second-order valence-electron chi connectivity index (χ2n) is 4.45. The summed E-state index contributed by atoms with van der Waals surface area (Å²) in [5.74, 6) is -0.556. The number of amides is 2. The molecule has 0 aliphatic carbocycles. The summed E-state index contributed by atoms with van der Waals surface area (Å²) < 4.78 is 0. The molecule has 5 heteroatoms. The summed E-state index contributed by atoms with van der Waals surface area (Å²) in [6, 6.07) is 13.3. The van der Waals surface area contributed by atoms with E-state index in [4.69, 9.17) is 0 Å². The van der Waals surface area contributed by atoms with E-state index < -0.39 is 0 Å². The molecule has 0 spiro atoms. The van der Waals surface area contributed by atoms with Crippen LogP contribution in [0.3, 0.4) is 0 Å². The van der Waals surface area contributed by atoms with E-state index in [1.54, 1.807) is 43.3 Å². The van der Waals surface area contributed by atoms with E-state index in [1.807, 2.05) is 6.07 Å². The summed E-state index contributed by atoms with van der Waals surface area (Å²) in [5.41, 5.74) is 1.27. The monoisotopic (exact) mass is 284 g/mol. The van der Waals surface area contributed by atoms with Gasteiger partial charge >= 0.3 is 0 Å². The number of aromatic hydroxyl groups is 1.